The molecular weight excluding hydrogens is 284 g/mol. The van der Waals surface area contributed by atoms with Gasteiger partial charge in [-0.3, -0.25) is 0 Å². The Hall–Kier alpha value is -1.07. The number of sulfonamides is 1. The van der Waals surface area contributed by atoms with E-state index in [2.05, 4.69) is 6.92 Å². The lowest BCUT2D eigenvalue weighted by Crippen LogP contribution is -2.33. The molecule has 1 saturated heterocycles. The molecule has 4 nitrogen and oxygen atoms in total. The van der Waals surface area contributed by atoms with Gasteiger partial charge in [0.1, 0.15) is 4.90 Å². The van der Waals surface area contributed by atoms with Crippen molar-refractivity contribution < 1.29 is 8.42 Å². The second kappa shape index (κ2) is 6.79. The van der Waals surface area contributed by atoms with E-state index in [9.17, 15) is 8.42 Å². The smallest absolute Gasteiger partial charge is 0.245 e. The molecule has 0 amide bonds. The van der Waals surface area contributed by atoms with Crippen molar-refractivity contribution in [1.29, 1.82) is 0 Å². The first-order valence-corrected chi connectivity index (χ1v) is 9.26. The molecular formula is C16H26N2O2S. The number of benzene rings is 1. The fourth-order valence-electron chi connectivity index (χ4n) is 3.23. The highest BCUT2D eigenvalue weighted by Gasteiger charge is 2.29. The normalized spacial score (nSPS) is 21.1. The van der Waals surface area contributed by atoms with Gasteiger partial charge in [0.2, 0.25) is 10.0 Å². The number of hydrogen-bond donors (Lipinski definition) is 1. The van der Waals surface area contributed by atoms with Gasteiger partial charge in [0, 0.05) is 13.1 Å². The van der Waals surface area contributed by atoms with E-state index in [4.69, 9.17) is 5.73 Å². The summed E-state index contributed by atoms with van der Waals surface area (Å²) in [6.45, 7) is 5.21. The van der Waals surface area contributed by atoms with E-state index < -0.39 is 10.0 Å². The fraction of sp³-hybridized carbons (Fsp3) is 0.625. The summed E-state index contributed by atoms with van der Waals surface area (Å²) < 4.78 is 27.4. The quantitative estimate of drug-likeness (QED) is 0.869. The van der Waals surface area contributed by atoms with Crippen LogP contribution in [0.15, 0.2) is 23.1 Å². The van der Waals surface area contributed by atoms with Gasteiger partial charge in [0.15, 0.2) is 0 Å². The van der Waals surface area contributed by atoms with Crippen molar-refractivity contribution in [3.63, 3.8) is 0 Å². The number of hydrogen-bond acceptors (Lipinski definition) is 3. The molecule has 0 aliphatic carbocycles. The van der Waals surface area contributed by atoms with E-state index in [1.807, 2.05) is 0 Å². The summed E-state index contributed by atoms with van der Waals surface area (Å²) >= 11 is 0. The summed E-state index contributed by atoms with van der Waals surface area (Å²) in [6, 6.07) is 5.27. The van der Waals surface area contributed by atoms with Crippen LogP contribution in [0, 0.1) is 12.8 Å². The lowest BCUT2D eigenvalue weighted by molar-refractivity contribution is 0.400. The predicted molar refractivity (Wildman–Crippen MR) is 86.6 cm³/mol. The Labute approximate surface area is 128 Å². The van der Waals surface area contributed by atoms with Crippen molar-refractivity contribution in [2.75, 3.05) is 18.8 Å². The maximum Gasteiger partial charge on any atom is 0.245 e. The van der Waals surface area contributed by atoms with Gasteiger partial charge in [-0.05, 0) is 43.7 Å². The maximum absolute atomic E-state index is 12.9. The largest absolute Gasteiger partial charge is 0.398 e. The summed E-state index contributed by atoms with van der Waals surface area (Å²) in [7, 11) is -3.48. The molecule has 0 aromatic heterocycles. The highest BCUT2D eigenvalue weighted by molar-refractivity contribution is 7.89. The summed E-state index contributed by atoms with van der Waals surface area (Å²) in [5.41, 5.74) is 7.00. The molecule has 1 aromatic carbocycles. The molecule has 1 unspecified atom stereocenters. The third-order valence-corrected chi connectivity index (χ3v) is 6.46. The zero-order valence-electron chi connectivity index (χ0n) is 13.0. The minimum absolute atomic E-state index is 0.291. The maximum atomic E-state index is 12.9. The van der Waals surface area contributed by atoms with Crippen LogP contribution in [0.4, 0.5) is 5.69 Å². The van der Waals surface area contributed by atoms with E-state index in [1.54, 1.807) is 29.4 Å². The van der Waals surface area contributed by atoms with Crippen LogP contribution in [-0.2, 0) is 10.0 Å². The Balaban J connectivity index is 2.24. The number of aryl methyl sites for hydroxylation is 1. The number of nitrogens with zero attached hydrogens (tertiary/aromatic N) is 1. The second-order valence-electron chi connectivity index (χ2n) is 5.98. The van der Waals surface area contributed by atoms with Crippen LogP contribution in [0.25, 0.3) is 0 Å². The standard InChI is InChI=1S/C16H26N2O2S/c1-3-6-14-8-5-11-18(12-10-14)21(19,20)16-13(2)7-4-9-15(16)17/h4,7,9,14H,3,5-6,8,10-12,17H2,1-2H3. The monoisotopic (exact) mass is 310 g/mol. The minimum atomic E-state index is -3.48. The highest BCUT2D eigenvalue weighted by Crippen LogP contribution is 2.29. The summed E-state index contributed by atoms with van der Waals surface area (Å²) in [4.78, 5) is 0.291. The molecule has 1 atom stereocenters. The fourth-order valence-corrected chi connectivity index (χ4v) is 5.05. The Bertz CT molecular complexity index is 564. The SMILES string of the molecule is CCCC1CCCN(S(=O)(=O)c2c(C)cccc2N)CC1. The molecule has 0 bridgehead atoms. The van der Waals surface area contributed by atoms with Crippen LogP contribution >= 0.6 is 0 Å². The highest BCUT2D eigenvalue weighted by atomic mass is 32.2. The molecule has 21 heavy (non-hydrogen) atoms. The average Bonchev–Trinajstić information content (AvgIpc) is 2.65. The van der Waals surface area contributed by atoms with E-state index in [0.717, 1.165) is 24.8 Å². The Morgan fingerprint density at radius 3 is 2.71 bits per heavy atom. The lowest BCUT2D eigenvalue weighted by Gasteiger charge is -2.22. The topological polar surface area (TPSA) is 63.4 Å². The Morgan fingerprint density at radius 2 is 2.05 bits per heavy atom. The number of nitrogen functional groups attached to an aromatic ring is 1. The van der Waals surface area contributed by atoms with Gasteiger partial charge < -0.3 is 5.73 Å². The van der Waals surface area contributed by atoms with Crippen LogP contribution in [-0.4, -0.2) is 25.8 Å². The Kier molecular flexibility index (Phi) is 5.27. The molecule has 5 heteroatoms. The minimum Gasteiger partial charge on any atom is -0.398 e. The molecule has 0 saturated carbocycles. The number of anilines is 1. The molecule has 2 rings (SSSR count). The third-order valence-electron chi connectivity index (χ3n) is 4.34. The van der Waals surface area contributed by atoms with Crippen molar-refractivity contribution in [3.05, 3.63) is 23.8 Å². The molecule has 1 aromatic rings. The lowest BCUT2D eigenvalue weighted by atomic mass is 9.96. The van der Waals surface area contributed by atoms with Gasteiger partial charge in [-0.15, -0.1) is 0 Å². The van der Waals surface area contributed by atoms with E-state index in [0.29, 0.717) is 29.6 Å². The van der Waals surface area contributed by atoms with Crippen molar-refractivity contribution in [2.45, 2.75) is 50.8 Å². The van der Waals surface area contributed by atoms with Gasteiger partial charge in [0.25, 0.3) is 0 Å². The zero-order chi connectivity index (χ0) is 15.5. The summed E-state index contributed by atoms with van der Waals surface area (Å²) in [5, 5.41) is 0. The van der Waals surface area contributed by atoms with Gasteiger partial charge in [-0.25, -0.2) is 8.42 Å². The molecule has 2 N–H and O–H groups in total. The molecule has 118 valence electrons. The van der Waals surface area contributed by atoms with Crippen molar-refractivity contribution >= 4 is 15.7 Å². The Morgan fingerprint density at radius 1 is 1.29 bits per heavy atom. The van der Waals surface area contributed by atoms with Gasteiger partial charge >= 0.3 is 0 Å². The summed E-state index contributed by atoms with van der Waals surface area (Å²) in [6.07, 6.45) is 5.39. The first kappa shape index (κ1) is 16.3. The van der Waals surface area contributed by atoms with Gasteiger partial charge in [0.05, 0.1) is 5.69 Å². The van der Waals surface area contributed by atoms with Gasteiger partial charge in [-0.1, -0.05) is 31.9 Å². The average molecular weight is 310 g/mol. The van der Waals surface area contributed by atoms with Crippen molar-refractivity contribution in [1.82, 2.24) is 4.31 Å². The molecule has 1 aliphatic heterocycles. The molecule has 0 spiro atoms. The number of nitrogens with two attached hydrogens (primary N) is 1. The molecule has 1 aliphatic rings. The first-order chi connectivity index (χ1) is 9.96. The molecule has 0 radical (unpaired) electrons. The zero-order valence-corrected chi connectivity index (χ0v) is 13.8. The van der Waals surface area contributed by atoms with E-state index >= 15 is 0 Å². The van der Waals surface area contributed by atoms with Crippen LogP contribution in [0.5, 0.6) is 0 Å². The molecule has 1 heterocycles. The van der Waals surface area contributed by atoms with Crippen LogP contribution < -0.4 is 5.73 Å². The second-order valence-corrected chi connectivity index (χ2v) is 7.86. The third kappa shape index (κ3) is 3.58. The van der Waals surface area contributed by atoms with E-state index in [-0.39, 0.29) is 0 Å². The number of rotatable bonds is 4. The van der Waals surface area contributed by atoms with Crippen molar-refractivity contribution in [2.24, 2.45) is 5.92 Å². The first-order valence-electron chi connectivity index (χ1n) is 7.82. The van der Waals surface area contributed by atoms with E-state index in [1.165, 1.54) is 12.8 Å². The van der Waals surface area contributed by atoms with Crippen LogP contribution in [0.2, 0.25) is 0 Å². The van der Waals surface area contributed by atoms with Gasteiger partial charge in [-0.2, -0.15) is 4.31 Å². The van der Waals surface area contributed by atoms with Crippen LogP contribution in [0.3, 0.4) is 0 Å². The predicted octanol–water partition coefficient (Wildman–Crippen LogP) is 3.17. The molecule has 1 fully saturated rings. The van der Waals surface area contributed by atoms with Crippen molar-refractivity contribution in [3.8, 4) is 0 Å². The van der Waals surface area contributed by atoms with Crippen LogP contribution in [0.1, 0.15) is 44.6 Å². The summed E-state index contributed by atoms with van der Waals surface area (Å²) in [5.74, 6) is 0.657.